The molecule has 2 aliphatic heterocycles. The van der Waals surface area contributed by atoms with Crippen LogP contribution in [0.15, 0.2) is 53.1 Å². The van der Waals surface area contributed by atoms with Crippen LogP contribution < -0.4 is 14.8 Å². The van der Waals surface area contributed by atoms with E-state index in [1.54, 1.807) is 6.07 Å². The van der Waals surface area contributed by atoms with Crippen molar-refractivity contribution >= 4 is 17.5 Å². The Morgan fingerprint density at radius 3 is 2.66 bits per heavy atom. The second-order valence-electron chi connectivity index (χ2n) is 7.93. The van der Waals surface area contributed by atoms with Crippen molar-refractivity contribution in [3.63, 3.8) is 0 Å². The third-order valence-corrected chi connectivity index (χ3v) is 6.22. The van der Waals surface area contributed by atoms with Crippen LogP contribution in [-0.4, -0.2) is 48.8 Å². The fraction of sp³-hybridized carbons (Fsp3) is 0.333. The molecule has 8 heteroatoms. The van der Waals surface area contributed by atoms with Crippen molar-refractivity contribution in [3.8, 4) is 22.8 Å². The Bertz CT molecular complexity index is 1110. The van der Waals surface area contributed by atoms with E-state index in [2.05, 4.69) is 15.4 Å². The summed E-state index contributed by atoms with van der Waals surface area (Å²) in [7, 11) is 0. The fourth-order valence-corrected chi connectivity index (χ4v) is 4.49. The molecule has 32 heavy (non-hydrogen) atoms. The Kier molecular flexibility index (Phi) is 6.01. The molecule has 1 amide bonds. The van der Waals surface area contributed by atoms with E-state index in [0.717, 1.165) is 37.1 Å². The average Bonchev–Trinajstić information content (AvgIpc) is 3.53. The van der Waals surface area contributed by atoms with Gasteiger partial charge in [0.25, 0.3) is 5.91 Å². The second kappa shape index (κ2) is 9.22. The van der Waals surface area contributed by atoms with Crippen LogP contribution in [-0.2, 0) is 0 Å². The molecule has 1 atom stereocenters. The number of amides is 1. The first-order valence-corrected chi connectivity index (χ1v) is 11.2. The zero-order valence-corrected chi connectivity index (χ0v) is 18.3. The van der Waals surface area contributed by atoms with Crippen molar-refractivity contribution in [2.45, 2.75) is 18.9 Å². The maximum absolute atomic E-state index is 12.8. The number of hydrogen-bond donors (Lipinski definition) is 1. The van der Waals surface area contributed by atoms with Gasteiger partial charge in [-0.2, -0.15) is 0 Å². The SMILES string of the molecule is O=C(NC[C@H](c1ccccc1Cl)N1CCCC1)c1cc(-c2ccc3c(c2)OCCO3)on1. The lowest BCUT2D eigenvalue weighted by Gasteiger charge is -2.28. The van der Waals surface area contributed by atoms with Gasteiger partial charge >= 0.3 is 0 Å². The lowest BCUT2D eigenvalue weighted by Crippen LogP contribution is -2.37. The third-order valence-electron chi connectivity index (χ3n) is 5.87. The van der Waals surface area contributed by atoms with Crippen LogP contribution >= 0.6 is 11.6 Å². The predicted octanol–water partition coefficient (Wildman–Crippen LogP) is 4.33. The number of rotatable bonds is 6. The molecule has 7 nitrogen and oxygen atoms in total. The number of hydrogen-bond acceptors (Lipinski definition) is 6. The van der Waals surface area contributed by atoms with Gasteiger partial charge in [0.1, 0.15) is 13.2 Å². The molecule has 0 aliphatic carbocycles. The molecule has 0 saturated carbocycles. The first kappa shape index (κ1) is 20.8. The molecule has 5 rings (SSSR count). The van der Waals surface area contributed by atoms with Crippen molar-refractivity contribution in [1.82, 2.24) is 15.4 Å². The number of nitrogens with one attached hydrogen (secondary N) is 1. The molecule has 2 aromatic carbocycles. The van der Waals surface area contributed by atoms with Gasteiger partial charge < -0.3 is 19.3 Å². The molecule has 0 unspecified atom stereocenters. The highest BCUT2D eigenvalue weighted by Crippen LogP contribution is 2.35. The zero-order chi connectivity index (χ0) is 21.9. The van der Waals surface area contributed by atoms with Crippen molar-refractivity contribution in [1.29, 1.82) is 0 Å². The van der Waals surface area contributed by atoms with Gasteiger partial charge in [-0.15, -0.1) is 0 Å². The van der Waals surface area contributed by atoms with Gasteiger partial charge in [-0.3, -0.25) is 9.69 Å². The average molecular weight is 454 g/mol. The van der Waals surface area contributed by atoms with Gasteiger partial charge in [-0.05, 0) is 55.8 Å². The van der Waals surface area contributed by atoms with Crippen molar-refractivity contribution in [3.05, 3.63) is 64.8 Å². The van der Waals surface area contributed by atoms with Crippen LogP contribution in [0.5, 0.6) is 11.5 Å². The molecule has 0 bridgehead atoms. The number of nitrogens with zero attached hydrogens (tertiary/aromatic N) is 2. The summed E-state index contributed by atoms with van der Waals surface area (Å²) < 4.78 is 16.6. The number of fused-ring (bicyclic) bond motifs is 1. The number of likely N-dealkylation sites (tertiary alicyclic amines) is 1. The molecule has 3 aromatic rings. The summed E-state index contributed by atoms with van der Waals surface area (Å²) in [6.07, 6.45) is 2.30. The Morgan fingerprint density at radius 2 is 1.84 bits per heavy atom. The van der Waals surface area contributed by atoms with E-state index >= 15 is 0 Å². The molecular formula is C24H24ClN3O4. The van der Waals surface area contributed by atoms with Gasteiger partial charge in [0.05, 0.1) is 6.04 Å². The Hall–Kier alpha value is -3.03. The topological polar surface area (TPSA) is 76.8 Å². The minimum absolute atomic E-state index is 0.0133. The maximum atomic E-state index is 12.8. The van der Waals surface area contributed by atoms with Gasteiger partial charge in [-0.25, -0.2) is 0 Å². The molecule has 0 radical (unpaired) electrons. The second-order valence-corrected chi connectivity index (χ2v) is 8.33. The molecule has 2 aliphatic rings. The van der Waals surface area contributed by atoms with Gasteiger partial charge in [0.15, 0.2) is 23.0 Å². The van der Waals surface area contributed by atoms with Crippen LogP contribution in [0.2, 0.25) is 5.02 Å². The maximum Gasteiger partial charge on any atom is 0.273 e. The third kappa shape index (κ3) is 4.31. The van der Waals surface area contributed by atoms with Crippen molar-refractivity contribution in [2.75, 3.05) is 32.8 Å². The van der Waals surface area contributed by atoms with Crippen LogP contribution in [0.4, 0.5) is 0 Å². The molecule has 1 fully saturated rings. The number of benzene rings is 2. The Morgan fingerprint density at radius 1 is 1.06 bits per heavy atom. The summed E-state index contributed by atoms with van der Waals surface area (Å²) >= 11 is 6.47. The van der Waals surface area contributed by atoms with E-state index < -0.39 is 0 Å². The summed E-state index contributed by atoms with van der Waals surface area (Å²) in [4.78, 5) is 15.2. The lowest BCUT2D eigenvalue weighted by molar-refractivity contribution is 0.0929. The van der Waals surface area contributed by atoms with Crippen LogP contribution in [0.25, 0.3) is 11.3 Å². The number of carbonyl (C=O) groups is 1. The largest absolute Gasteiger partial charge is 0.486 e. The molecular weight excluding hydrogens is 430 g/mol. The van der Waals surface area contributed by atoms with Gasteiger partial charge in [0.2, 0.25) is 0 Å². The van der Waals surface area contributed by atoms with E-state index in [1.807, 2.05) is 42.5 Å². The monoisotopic (exact) mass is 453 g/mol. The Balaban J connectivity index is 1.29. The van der Waals surface area contributed by atoms with Crippen molar-refractivity contribution < 1.29 is 18.8 Å². The number of aromatic nitrogens is 1. The molecule has 0 spiro atoms. The van der Waals surface area contributed by atoms with E-state index in [9.17, 15) is 4.79 Å². The van der Waals surface area contributed by atoms with E-state index in [-0.39, 0.29) is 17.6 Å². The summed E-state index contributed by atoms with van der Waals surface area (Å²) in [5, 5.41) is 7.69. The minimum Gasteiger partial charge on any atom is -0.486 e. The first-order chi connectivity index (χ1) is 15.7. The summed E-state index contributed by atoms with van der Waals surface area (Å²) in [6.45, 7) is 3.46. The van der Waals surface area contributed by atoms with Crippen LogP contribution in [0, 0.1) is 0 Å². The summed E-state index contributed by atoms with van der Waals surface area (Å²) in [5.41, 5.74) is 2.02. The molecule has 166 valence electrons. The normalized spacial score (nSPS) is 16.7. The van der Waals surface area contributed by atoms with E-state index in [4.69, 9.17) is 25.6 Å². The fourth-order valence-electron chi connectivity index (χ4n) is 4.23. The van der Waals surface area contributed by atoms with Gasteiger partial charge in [-0.1, -0.05) is 35.0 Å². The highest BCUT2D eigenvalue weighted by molar-refractivity contribution is 6.31. The standard InChI is InChI=1S/C24H24ClN3O4/c25-18-6-2-1-5-17(18)20(28-9-3-4-10-28)15-26-24(29)19-14-22(32-27-19)16-7-8-21-23(13-16)31-12-11-30-21/h1-2,5-8,13-14,20H,3-4,9-12,15H2,(H,26,29)/t20-/m1/s1. The van der Waals surface area contributed by atoms with Crippen LogP contribution in [0.3, 0.4) is 0 Å². The Labute approximate surface area is 191 Å². The lowest BCUT2D eigenvalue weighted by atomic mass is 10.1. The molecule has 1 aromatic heterocycles. The van der Waals surface area contributed by atoms with Crippen LogP contribution in [0.1, 0.15) is 34.9 Å². The van der Waals surface area contributed by atoms with E-state index in [1.165, 1.54) is 0 Å². The highest BCUT2D eigenvalue weighted by Gasteiger charge is 2.26. The summed E-state index contributed by atoms with van der Waals surface area (Å²) in [5.74, 6) is 1.57. The minimum atomic E-state index is -0.284. The van der Waals surface area contributed by atoms with E-state index in [0.29, 0.717) is 42.0 Å². The summed E-state index contributed by atoms with van der Waals surface area (Å²) in [6, 6.07) is 15.0. The number of ether oxygens (including phenoxy) is 2. The smallest absolute Gasteiger partial charge is 0.273 e. The highest BCUT2D eigenvalue weighted by atomic mass is 35.5. The van der Waals surface area contributed by atoms with Crippen molar-refractivity contribution in [2.24, 2.45) is 0 Å². The number of halogens is 1. The zero-order valence-electron chi connectivity index (χ0n) is 17.6. The molecule has 1 N–H and O–H groups in total. The predicted molar refractivity (Wildman–Crippen MR) is 120 cm³/mol. The molecule has 3 heterocycles. The first-order valence-electron chi connectivity index (χ1n) is 10.8. The van der Waals surface area contributed by atoms with Gasteiger partial charge in [0, 0.05) is 23.2 Å². The quantitative estimate of drug-likeness (QED) is 0.598. The molecule has 1 saturated heterocycles. The number of carbonyl (C=O) groups excluding carboxylic acids is 1.